The van der Waals surface area contributed by atoms with Gasteiger partial charge in [0, 0.05) is 24.6 Å². The third-order valence-electron chi connectivity index (χ3n) is 4.46. The van der Waals surface area contributed by atoms with E-state index >= 15 is 0 Å². The van der Waals surface area contributed by atoms with Crippen molar-refractivity contribution in [3.8, 4) is 5.75 Å². The van der Waals surface area contributed by atoms with Gasteiger partial charge in [0.05, 0.1) is 7.11 Å². The van der Waals surface area contributed by atoms with Gasteiger partial charge >= 0.3 is 0 Å². The Labute approximate surface area is 120 Å². The second-order valence-corrected chi connectivity index (χ2v) is 6.13. The number of benzene rings is 1. The zero-order valence-electron chi connectivity index (χ0n) is 12.2. The molecule has 3 heteroatoms. The summed E-state index contributed by atoms with van der Waals surface area (Å²) in [5.74, 6) is 2.19. The molecule has 2 fully saturated rings. The van der Waals surface area contributed by atoms with Gasteiger partial charge in [0.2, 0.25) is 0 Å². The minimum Gasteiger partial charge on any atom is -0.497 e. The Morgan fingerprint density at radius 1 is 1.25 bits per heavy atom. The van der Waals surface area contributed by atoms with Crippen molar-refractivity contribution in [2.75, 3.05) is 26.7 Å². The van der Waals surface area contributed by atoms with Gasteiger partial charge in [-0.2, -0.15) is 0 Å². The predicted molar refractivity (Wildman–Crippen MR) is 79.2 cm³/mol. The van der Waals surface area contributed by atoms with Crippen LogP contribution >= 0.6 is 0 Å². The summed E-state index contributed by atoms with van der Waals surface area (Å²) in [6.07, 6.45) is 4.95. The van der Waals surface area contributed by atoms with Gasteiger partial charge in [-0.25, -0.2) is 0 Å². The predicted octanol–water partition coefficient (Wildman–Crippen LogP) is 3.00. The average molecular weight is 273 g/mol. The lowest BCUT2D eigenvalue weighted by atomic mass is 9.90. The highest BCUT2D eigenvalue weighted by Gasteiger charge is 2.30. The van der Waals surface area contributed by atoms with Gasteiger partial charge in [0.15, 0.2) is 5.78 Å². The fourth-order valence-electron chi connectivity index (χ4n) is 3.09. The Morgan fingerprint density at radius 3 is 2.65 bits per heavy atom. The molecule has 1 aliphatic heterocycles. The number of methoxy groups -OCH3 is 1. The van der Waals surface area contributed by atoms with Crippen LogP contribution in [0.15, 0.2) is 24.3 Å². The summed E-state index contributed by atoms with van der Waals surface area (Å²) in [6.45, 7) is 3.32. The van der Waals surface area contributed by atoms with Gasteiger partial charge in [-0.1, -0.05) is 0 Å². The monoisotopic (exact) mass is 273 g/mol. The molecule has 0 amide bonds. The number of ketones is 1. The van der Waals surface area contributed by atoms with E-state index in [-0.39, 0.29) is 5.92 Å². The Bertz CT molecular complexity index is 464. The molecular formula is C17H23NO2. The molecule has 1 aromatic rings. The summed E-state index contributed by atoms with van der Waals surface area (Å²) in [7, 11) is 1.65. The fourth-order valence-corrected chi connectivity index (χ4v) is 3.09. The molecule has 1 aromatic carbocycles. The maximum atomic E-state index is 12.6. The molecule has 1 aliphatic carbocycles. The van der Waals surface area contributed by atoms with Crippen molar-refractivity contribution in [2.24, 2.45) is 11.8 Å². The summed E-state index contributed by atoms with van der Waals surface area (Å²) in [6, 6.07) is 7.53. The van der Waals surface area contributed by atoms with Crippen molar-refractivity contribution >= 4 is 5.78 Å². The molecule has 1 unspecified atom stereocenters. The van der Waals surface area contributed by atoms with E-state index < -0.39 is 0 Å². The van der Waals surface area contributed by atoms with Crippen LogP contribution in [0.1, 0.15) is 36.0 Å². The minimum atomic E-state index is 0.177. The molecule has 0 bridgehead atoms. The molecule has 1 saturated carbocycles. The number of Topliss-reactive ketones (excluding diaryl/α,β-unsaturated/α-hetero) is 1. The zero-order valence-corrected chi connectivity index (χ0v) is 12.2. The van der Waals surface area contributed by atoms with Crippen LogP contribution in [0, 0.1) is 11.8 Å². The third-order valence-corrected chi connectivity index (χ3v) is 4.46. The smallest absolute Gasteiger partial charge is 0.167 e. The van der Waals surface area contributed by atoms with E-state index in [2.05, 4.69) is 4.90 Å². The number of rotatable bonds is 5. The molecule has 3 nitrogen and oxygen atoms in total. The van der Waals surface area contributed by atoms with E-state index in [1.807, 2.05) is 24.3 Å². The Morgan fingerprint density at radius 2 is 2.00 bits per heavy atom. The molecule has 20 heavy (non-hydrogen) atoms. The lowest BCUT2D eigenvalue weighted by Gasteiger charge is -2.32. The zero-order chi connectivity index (χ0) is 13.9. The average Bonchev–Trinajstić information content (AvgIpc) is 3.31. The van der Waals surface area contributed by atoms with Crippen molar-refractivity contribution < 1.29 is 9.53 Å². The lowest BCUT2D eigenvalue weighted by Crippen LogP contribution is -2.39. The molecule has 1 saturated heterocycles. The number of carbonyl (C=O) groups excluding carboxylic acids is 1. The van der Waals surface area contributed by atoms with Crippen molar-refractivity contribution in [3.63, 3.8) is 0 Å². The van der Waals surface area contributed by atoms with E-state index in [1.165, 1.54) is 25.9 Å². The first-order valence-corrected chi connectivity index (χ1v) is 7.67. The van der Waals surface area contributed by atoms with Gasteiger partial charge in [-0.3, -0.25) is 4.79 Å². The largest absolute Gasteiger partial charge is 0.497 e. The molecule has 0 spiro atoms. The number of piperidine rings is 1. The van der Waals surface area contributed by atoms with Gasteiger partial charge in [0.25, 0.3) is 0 Å². The van der Waals surface area contributed by atoms with Crippen LogP contribution in [-0.4, -0.2) is 37.4 Å². The quantitative estimate of drug-likeness (QED) is 0.772. The number of nitrogens with zero attached hydrogens (tertiary/aromatic N) is 1. The molecular weight excluding hydrogens is 250 g/mol. The third kappa shape index (κ3) is 3.21. The number of ether oxygens (including phenoxy) is 1. The van der Waals surface area contributed by atoms with Crippen molar-refractivity contribution in [1.82, 2.24) is 4.90 Å². The molecule has 108 valence electrons. The molecule has 0 aromatic heterocycles. The van der Waals surface area contributed by atoms with Crippen LogP contribution in [-0.2, 0) is 0 Å². The van der Waals surface area contributed by atoms with E-state index in [1.54, 1.807) is 7.11 Å². The highest BCUT2D eigenvalue weighted by molar-refractivity contribution is 5.98. The minimum absolute atomic E-state index is 0.177. The summed E-state index contributed by atoms with van der Waals surface area (Å²) < 4.78 is 5.14. The number of hydrogen-bond acceptors (Lipinski definition) is 3. The van der Waals surface area contributed by atoms with Crippen LogP contribution in [0.2, 0.25) is 0 Å². The summed E-state index contributed by atoms with van der Waals surface area (Å²) in [5, 5.41) is 0. The topological polar surface area (TPSA) is 29.5 Å². The van der Waals surface area contributed by atoms with Crippen LogP contribution in [0.3, 0.4) is 0 Å². The van der Waals surface area contributed by atoms with Crippen LogP contribution in [0.25, 0.3) is 0 Å². The Kier molecular flexibility index (Phi) is 4.06. The first-order valence-electron chi connectivity index (χ1n) is 7.67. The normalized spacial score (nSPS) is 23.6. The molecule has 2 aliphatic rings. The first kappa shape index (κ1) is 13.6. The fraction of sp³-hybridized carbons (Fsp3) is 0.588. The van der Waals surface area contributed by atoms with Crippen molar-refractivity contribution in [2.45, 2.75) is 25.7 Å². The summed E-state index contributed by atoms with van der Waals surface area (Å²) in [5.41, 5.74) is 0.823. The molecule has 1 heterocycles. The second kappa shape index (κ2) is 5.96. The van der Waals surface area contributed by atoms with Gasteiger partial charge in [-0.15, -0.1) is 0 Å². The maximum absolute atomic E-state index is 12.6. The highest BCUT2D eigenvalue weighted by Crippen LogP contribution is 2.31. The summed E-state index contributed by atoms with van der Waals surface area (Å²) >= 11 is 0. The molecule has 1 atom stereocenters. The Balaban J connectivity index is 1.62. The lowest BCUT2D eigenvalue weighted by molar-refractivity contribution is 0.0814. The molecule has 3 rings (SSSR count). The van der Waals surface area contributed by atoms with Crippen molar-refractivity contribution in [3.05, 3.63) is 29.8 Å². The number of likely N-dealkylation sites (tertiary alicyclic amines) is 1. The standard InChI is InChI=1S/C17H23NO2/c1-20-16-8-6-14(7-9-16)17(19)15-3-2-10-18(12-15)11-13-4-5-13/h6-9,13,15H,2-5,10-12H2,1H3. The summed E-state index contributed by atoms with van der Waals surface area (Å²) in [4.78, 5) is 15.1. The van der Waals surface area contributed by atoms with Crippen LogP contribution in [0.5, 0.6) is 5.75 Å². The molecule has 0 N–H and O–H groups in total. The maximum Gasteiger partial charge on any atom is 0.167 e. The van der Waals surface area contributed by atoms with Gasteiger partial charge in [-0.05, 0) is 62.4 Å². The van der Waals surface area contributed by atoms with Crippen molar-refractivity contribution in [1.29, 1.82) is 0 Å². The molecule has 0 radical (unpaired) electrons. The second-order valence-electron chi connectivity index (χ2n) is 6.13. The number of carbonyl (C=O) groups is 1. The first-order chi connectivity index (χ1) is 9.76. The van der Waals surface area contributed by atoms with E-state index in [9.17, 15) is 4.79 Å². The Hall–Kier alpha value is -1.35. The number of hydrogen-bond donors (Lipinski definition) is 0. The van der Waals surface area contributed by atoms with Crippen LogP contribution < -0.4 is 4.74 Å². The van der Waals surface area contributed by atoms with Gasteiger partial charge < -0.3 is 9.64 Å². The van der Waals surface area contributed by atoms with E-state index in [4.69, 9.17) is 4.74 Å². The van der Waals surface area contributed by atoms with E-state index in [0.29, 0.717) is 5.78 Å². The van der Waals surface area contributed by atoms with E-state index in [0.717, 1.165) is 36.6 Å². The highest BCUT2D eigenvalue weighted by atomic mass is 16.5. The van der Waals surface area contributed by atoms with Gasteiger partial charge in [0.1, 0.15) is 5.75 Å². The van der Waals surface area contributed by atoms with Crippen LogP contribution in [0.4, 0.5) is 0 Å². The SMILES string of the molecule is COc1ccc(C(=O)C2CCCN(CC3CC3)C2)cc1.